The van der Waals surface area contributed by atoms with E-state index in [-0.39, 0.29) is 0 Å². The Labute approximate surface area is 110 Å². The Hall–Kier alpha value is -1.06. The van der Waals surface area contributed by atoms with Crippen molar-refractivity contribution in [3.8, 4) is 17.0 Å². The molecule has 0 bridgehead atoms. The van der Waals surface area contributed by atoms with E-state index in [0.717, 1.165) is 23.4 Å². The molecule has 0 atom stereocenters. The summed E-state index contributed by atoms with van der Waals surface area (Å²) in [6.45, 7) is 4.16. The molecule has 0 unspecified atom stereocenters. The highest BCUT2D eigenvalue weighted by Gasteiger charge is 2.14. The van der Waals surface area contributed by atoms with Gasteiger partial charge in [-0.05, 0) is 25.5 Å². The third kappa shape index (κ3) is 2.45. The van der Waals surface area contributed by atoms with Crippen molar-refractivity contribution in [2.45, 2.75) is 20.3 Å². The lowest BCUT2D eigenvalue weighted by Crippen LogP contribution is -1.91. The quantitative estimate of drug-likeness (QED) is 0.825. The predicted octanol–water partition coefficient (Wildman–Crippen LogP) is 4.34. The van der Waals surface area contributed by atoms with Crippen molar-refractivity contribution >= 4 is 22.9 Å². The molecule has 0 amide bonds. The number of aromatic nitrogens is 1. The molecule has 0 saturated carbocycles. The van der Waals surface area contributed by atoms with Gasteiger partial charge in [-0.2, -0.15) is 0 Å². The van der Waals surface area contributed by atoms with E-state index < -0.39 is 0 Å². The number of methoxy groups -OCH3 is 1. The molecule has 1 aromatic heterocycles. The molecule has 0 aliphatic rings. The second kappa shape index (κ2) is 5.07. The standard InChI is InChI=1S/C13H14ClNOS/c1-4-11-12(15-13(14)17-11)9-7-8(2)5-6-10(9)16-3/h5-7H,4H2,1-3H3. The van der Waals surface area contributed by atoms with Crippen LogP contribution in [-0.2, 0) is 6.42 Å². The molecule has 0 N–H and O–H groups in total. The maximum absolute atomic E-state index is 6.00. The normalized spacial score (nSPS) is 10.6. The van der Waals surface area contributed by atoms with Crippen LogP contribution in [0, 0.1) is 6.92 Å². The first-order valence-corrected chi connectivity index (χ1v) is 6.65. The van der Waals surface area contributed by atoms with Gasteiger partial charge in [0.25, 0.3) is 0 Å². The van der Waals surface area contributed by atoms with Gasteiger partial charge in [-0.3, -0.25) is 0 Å². The van der Waals surface area contributed by atoms with Gasteiger partial charge in [0.15, 0.2) is 4.47 Å². The molecule has 1 heterocycles. The highest BCUT2D eigenvalue weighted by molar-refractivity contribution is 7.16. The summed E-state index contributed by atoms with van der Waals surface area (Å²) < 4.78 is 5.97. The Kier molecular flexibility index (Phi) is 3.69. The van der Waals surface area contributed by atoms with Gasteiger partial charge >= 0.3 is 0 Å². The zero-order chi connectivity index (χ0) is 12.4. The number of hydrogen-bond acceptors (Lipinski definition) is 3. The molecule has 0 aliphatic heterocycles. The Morgan fingerprint density at radius 1 is 1.41 bits per heavy atom. The number of ether oxygens (including phenoxy) is 1. The predicted molar refractivity (Wildman–Crippen MR) is 73.2 cm³/mol. The monoisotopic (exact) mass is 267 g/mol. The van der Waals surface area contributed by atoms with Gasteiger partial charge in [-0.25, -0.2) is 4.98 Å². The van der Waals surface area contributed by atoms with Crippen molar-refractivity contribution in [2.24, 2.45) is 0 Å². The summed E-state index contributed by atoms with van der Waals surface area (Å²) in [6.07, 6.45) is 0.927. The number of nitrogens with zero attached hydrogens (tertiary/aromatic N) is 1. The molecule has 0 saturated heterocycles. The van der Waals surface area contributed by atoms with Gasteiger partial charge in [-0.1, -0.05) is 30.2 Å². The SMILES string of the molecule is CCc1sc(Cl)nc1-c1cc(C)ccc1OC. The summed E-state index contributed by atoms with van der Waals surface area (Å²) in [5, 5.41) is 0. The van der Waals surface area contributed by atoms with E-state index in [2.05, 4.69) is 24.9 Å². The van der Waals surface area contributed by atoms with Crippen molar-refractivity contribution in [1.82, 2.24) is 4.98 Å². The zero-order valence-electron chi connectivity index (χ0n) is 10.1. The third-order valence-corrected chi connectivity index (χ3v) is 3.91. The molecule has 1 aromatic carbocycles. The van der Waals surface area contributed by atoms with Crippen molar-refractivity contribution < 1.29 is 4.74 Å². The number of rotatable bonds is 3. The van der Waals surface area contributed by atoms with Gasteiger partial charge in [0, 0.05) is 10.4 Å². The molecular formula is C13H14ClNOS. The van der Waals surface area contributed by atoms with Crippen LogP contribution < -0.4 is 4.74 Å². The minimum absolute atomic E-state index is 0.584. The van der Waals surface area contributed by atoms with E-state index in [9.17, 15) is 0 Å². The highest BCUT2D eigenvalue weighted by atomic mass is 35.5. The average molecular weight is 268 g/mol. The van der Waals surface area contributed by atoms with Crippen LogP contribution in [0.1, 0.15) is 17.4 Å². The average Bonchev–Trinajstić information content (AvgIpc) is 2.70. The summed E-state index contributed by atoms with van der Waals surface area (Å²) in [6, 6.07) is 6.09. The van der Waals surface area contributed by atoms with Crippen LogP contribution in [0.15, 0.2) is 18.2 Å². The summed E-state index contributed by atoms with van der Waals surface area (Å²) in [4.78, 5) is 5.60. The molecule has 2 nitrogen and oxygen atoms in total. The minimum Gasteiger partial charge on any atom is -0.496 e. The van der Waals surface area contributed by atoms with Crippen molar-refractivity contribution in [1.29, 1.82) is 0 Å². The molecule has 0 spiro atoms. The molecule has 90 valence electrons. The van der Waals surface area contributed by atoms with Gasteiger partial charge < -0.3 is 4.74 Å². The van der Waals surface area contributed by atoms with Crippen molar-refractivity contribution in [3.05, 3.63) is 33.1 Å². The number of thiazole rings is 1. The van der Waals surface area contributed by atoms with Crippen molar-refractivity contribution in [3.63, 3.8) is 0 Å². The summed E-state index contributed by atoms with van der Waals surface area (Å²) >= 11 is 7.53. The summed E-state index contributed by atoms with van der Waals surface area (Å²) in [5.41, 5.74) is 3.16. The van der Waals surface area contributed by atoms with Crippen LogP contribution in [0.5, 0.6) is 5.75 Å². The van der Waals surface area contributed by atoms with E-state index in [1.165, 1.54) is 21.8 Å². The maximum atomic E-state index is 6.00. The Morgan fingerprint density at radius 3 is 2.82 bits per heavy atom. The van der Waals surface area contributed by atoms with Gasteiger partial charge in [0.2, 0.25) is 0 Å². The van der Waals surface area contributed by atoms with Crippen LogP contribution >= 0.6 is 22.9 Å². The Bertz CT molecular complexity index is 536. The van der Waals surface area contributed by atoms with Crippen molar-refractivity contribution in [2.75, 3.05) is 7.11 Å². The molecule has 4 heteroatoms. The fourth-order valence-corrected chi connectivity index (χ4v) is 2.88. The van der Waals surface area contributed by atoms with Crippen LogP contribution in [0.2, 0.25) is 4.47 Å². The second-order valence-corrected chi connectivity index (χ2v) is 5.46. The molecule has 0 fully saturated rings. The molecule has 2 aromatic rings. The second-order valence-electron chi connectivity index (χ2n) is 3.80. The lowest BCUT2D eigenvalue weighted by Gasteiger charge is -2.08. The van der Waals surface area contributed by atoms with E-state index in [1.807, 2.05) is 12.1 Å². The van der Waals surface area contributed by atoms with Crippen LogP contribution in [0.25, 0.3) is 11.3 Å². The zero-order valence-corrected chi connectivity index (χ0v) is 11.7. The molecule has 2 rings (SSSR count). The molecular weight excluding hydrogens is 254 g/mol. The lowest BCUT2D eigenvalue weighted by molar-refractivity contribution is 0.416. The number of aryl methyl sites for hydroxylation is 2. The van der Waals surface area contributed by atoms with Crippen LogP contribution in [0.4, 0.5) is 0 Å². The first-order valence-electron chi connectivity index (χ1n) is 5.46. The van der Waals surface area contributed by atoms with E-state index in [0.29, 0.717) is 4.47 Å². The first-order chi connectivity index (χ1) is 8.15. The lowest BCUT2D eigenvalue weighted by atomic mass is 10.1. The molecule has 17 heavy (non-hydrogen) atoms. The topological polar surface area (TPSA) is 22.1 Å². The third-order valence-electron chi connectivity index (χ3n) is 2.60. The number of benzene rings is 1. The maximum Gasteiger partial charge on any atom is 0.184 e. The minimum atomic E-state index is 0.584. The van der Waals surface area contributed by atoms with E-state index >= 15 is 0 Å². The Balaban J connectivity index is 2.61. The van der Waals surface area contributed by atoms with Crippen LogP contribution in [-0.4, -0.2) is 12.1 Å². The highest BCUT2D eigenvalue weighted by Crippen LogP contribution is 2.36. The first kappa shape index (κ1) is 12.4. The fraction of sp³-hybridized carbons (Fsp3) is 0.308. The molecule has 0 radical (unpaired) electrons. The number of halogens is 1. The summed E-state index contributed by atoms with van der Waals surface area (Å²) in [5.74, 6) is 0.840. The number of hydrogen-bond donors (Lipinski definition) is 0. The Morgan fingerprint density at radius 2 is 2.18 bits per heavy atom. The van der Waals surface area contributed by atoms with Gasteiger partial charge in [0.1, 0.15) is 5.75 Å². The van der Waals surface area contributed by atoms with E-state index in [1.54, 1.807) is 7.11 Å². The fourth-order valence-electron chi connectivity index (χ4n) is 1.78. The van der Waals surface area contributed by atoms with Gasteiger partial charge in [0.05, 0.1) is 12.8 Å². The molecule has 0 aliphatic carbocycles. The smallest absolute Gasteiger partial charge is 0.184 e. The largest absolute Gasteiger partial charge is 0.496 e. The van der Waals surface area contributed by atoms with Gasteiger partial charge in [-0.15, -0.1) is 11.3 Å². The van der Waals surface area contributed by atoms with E-state index in [4.69, 9.17) is 16.3 Å². The van der Waals surface area contributed by atoms with Crippen LogP contribution in [0.3, 0.4) is 0 Å². The summed E-state index contributed by atoms with van der Waals surface area (Å²) in [7, 11) is 1.67.